The smallest absolute Gasteiger partial charge is 0.147 e. The first-order valence-corrected chi connectivity index (χ1v) is 8.48. The van der Waals surface area contributed by atoms with Gasteiger partial charge in [0.25, 0.3) is 0 Å². The first-order chi connectivity index (χ1) is 10.7. The lowest BCUT2D eigenvalue weighted by atomic mass is 10.2. The van der Waals surface area contributed by atoms with Crippen LogP contribution < -0.4 is 5.43 Å². The van der Waals surface area contributed by atoms with E-state index in [1.165, 1.54) is 3.57 Å². The van der Waals surface area contributed by atoms with Gasteiger partial charge in [-0.05, 0) is 71.1 Å². The lowest BCUT2D eigenvalue weighted by molar-refractivity contribution is 0.575. The Bertz CT molecular complexity index is 779. The highest BCUT2D eigenvalue weighted by atomic mass is 127. The minimum absolute atomic E-state index is 0.707. The van der Waals surface area contributed by atoms with Crippen LogP contribution in [0.15, 0.2) is 74.7 Å². The van der Waals surface area contributed by atoms with Crippen LogP contribution in [0.4, 0.5) is 5.69 Å². The summed E-state index contributed by atoms with van der Waals surface area (Å²) in [6.07, 6.45) is 1.66. The fourth-order valence-electron chi connectivity index (χ4n) is 1.89. The number of benzene rings is 2. The molecule has 3 aromatic rings. The lowest BCUT2D eigenvalue weighted by Crippen LogP contribution is -1.88. The summed E-state index contributed by atoms with van der Waals surface area (Å²) in [6.45, 7) is 0. The average Bonchev–Trinajstić information content (AvgIpc) is 2.99. The molecular formula is C17H12BrIN2O. The van der Waals surface area contributed by atoms with Gasteiger partial charge >= 0.3 is 0 Å². The van der Waals surface area contributed by atoms with Crippen molar-refractivity contribution in [2.75, 3.05) is 5.43 Å². The number of hydrazone groups is 1. The third kappa shape index (κ3) is 3.98. The van der Waals surface area contributed by atoms with E-state index in [1.807, 2.05) is 48.5 Å². The van der Waals surface area contributed by atoms with Crippen LogP contribution in [0.25, 0.3) is 11.3 Å². The molecule has 0 saturated carbocycles. The van der Waals surface area contributed by atoms with E-state index in [0.717, 1.165) is 21.5 Å². The van der Waals surface area contributed by atoms with Gasteiger partial charge in [0, 0.05) is 13.6 Å². The van der Waals surface area contributed by atoms with Crippen LogP contribution in [0.1, 0.15) is 5.76 Å². The quantitative estimate of drug-likeness (QED) is 0.301. The molecule has 0 spiro atoms. The lowest BCUT2D eigenvalue weighted by Gasteiger charge is -1.99. The van der Waals surface area contributed by atoms with Crippen molar-refractivity contribution in [1.82, 2.24) is 0 Å². The molecule has 0 fully saturated rings. The first-order valence-electron chi connectivity index (χ1n) is 6.61. The van der Waals surface area contributed by atoms with Crippen LogP contribution in [0, 0.1) is 3.57 Å². The molecular weight excluding hydrogens is 455 g/mol. The number of nitrogens with one attached hydrogen (secondary N) is 1. The predicted molar refractivity (Wildman–Crippen MR) is 102 cm³/mol. The van der Waals surface area contributed by atoms with Crippen molar-refractivity contribution in [3.8, 4) is 11.3 Å². The SMILES string of the molecule is Brc1ccc(NN=Cc2ccc(-c3ccc(I)cc3)o2)cc1. The number of anilines is 1. The number of hydrogen-bond donors (Lipinski definition) is 1. The Morgan fingerprint density at radius 1 is 0.955 bits per heavy atom. The summed E-state index contributed by atoms with van der Waals surface area (Å²) < 4.78 is 8.01. The topological polar surface area (TPSA) is 37.5 Å². The van der Waals surface area contributed by atoms with Crippen LogP contribution in [0.2, 0.25) is 0 Å². The molecule has 1 heterocycles. The fraction of sp³-hybridized carbons (Fsp3) is 0. The molecule has 5 heteroatoms. The Labute approximate surface area is 150 Å². The van der Waals surface area contributed by atoms with E-state index in [0.29, 0.717) is 5.76 Å². The van der Waals surface area contributed by atoms with Crippen LogP contribution in [0.5, 0.6) is 0 Å². The van der Waals surface area contributed by atoms with Gasteiger partial charge in [0.2, 0.25) is 0 Å². The Balaban J connectivity index is 1.67. The molecule has 1 aromatic heterocycles. The molecule has 0 radical (unpaired) electrons. The summed E-state index contributed by atoms with van der Waals surface area (Å²) in [4.78, 5) is 0. The number of rotatable bonds is 4. The molecule has 0 aliphatic heterocycles. The average molecular weight is 467 g/mol. The Kier molecular flexibility index (Phi) is 4.94. The van der Waals surface area contributed by atoms with Crippen molar-refractivity contribution < 1.29 is 4.42 Å². The monoisotopic (exact) mass is 466 g/mol. The second-order valence-electron chi connectivity index (χ2n) is 4.59. The van der Waals surface area contributed by atoms with Gasteiger partial charge in [0.1, 0.15) is 11.5 Å². The molecule has 0 aliphatic rings. The molecule has 2 aromatic carbocycles. The number of hydrogen-bond acceptors (Lipinski definition) is 3. The summed E-state index contributed by atoms with van der Waals surface area (Å²) in [7, 11) is 0. The van der Waals surface area contributed by atoms with Gasteiger partial charge < -0.3 is 4.42 Å². The molecule has 0 atom stereocenters. The van der Waals surface area contributed by atoms with E-state index >= 15 is 0 Å². The minimum Gasteiger partial charge on any atom is -0.455 e. The molecule has 1 N–H and O–H groups in total. The van der Waals surface area contributed by atoms with Crippen molar-refractivity contribution in [1.29, 1.82) is 0 Å². The van der Waals surface area contributed by atoms with Crippen molar-refractivity contribution in [2.24, 2.45) is 5.10 Å². The predicted octanol–water partition coefficient (Wildman–Crippen LogP) is 5.76. The molecule has 0 bridgehead atoms. The second kappa shape index (κ2) is 7.11. The summed E-state index contributed by atoms with van der Waals surface area (Å²) in [6, 6.07) is 19.9. The van der Waals surface area contributed by atoms with Gasteiger partial charge in [0.15, 0.2) is 0 Å². The van der Waals surface area contributed by atoms with Gasteiger partial charge in [-0.1, -0.05) is 28.1 Å². The molecule has 0 amide bonds. The van der Waals surface area contributed by atoms with Crippen molar-refractivity contribution in [3.63, 3.8) is 0 Å². The standard InChI is InChI=1S/C17H12BrIN2O/c18-13-3-7-15(8-4-13)21-20-11-16-9-10-17(22-16)12-1-5-14(19)6-2-12/h1-11,21H. The Morgan fingerprint density at radius 2 is 1.68 bits per heavy atom. The van der Waals surface area contributed by atoms with Crippen LogP contribution >= 0.6 is 38.5 Å². The van der Waals surface area contributed by atoms with Crippen LogP contribution in [-0.4, -0.2) is 6.21 Å². The highest BCUT2D eigenvalue weighted by Gasteiger charge is 2.03. The van der Waals surface area contributed by atoms with Gasteiger partial charge in [-0.15, -0.1) is 0 Å². The Morgan fingerprint density at radius 3 is 2.41 bits per heavy atom. The highest BCUT2D eigenvalue weighted by molar-refractivity contribution is 14.1. The maximum atomic E-state index is 5.77. The summed E-state index contributed by atoms with van der Waals surface area (Å²) in [5.41, 5.74) is 4.94. The largest absolute Gasteiger partial charge is 0.455 e. The van der Waals surface area contributed by atoms with E-state index in [-0.39, 0.29) is 0 Å². The molecule has 0 aliphatic carbocycles. The van der Waals surface area contributed by atoms with Crippen molar-refractivity contribution in [2.45, 2.75) is 0 Å². The van der Waals surface area contributed by atoms with Crippen molar-refractivity contribution >= 4 is 50.4 Å². The van der Waals surface area contributed by atoms with Gasteiger partial charge in [-0.25, -0.2) is 0 Å². The molecule has 0 saturated heterocycles. The van der Waals surface area contributed by atoms with E-state index in [4.69, 9.17) is 4.42 Å². The van der Waals surface area contributed by atoms with E-state index in [9.17, 15) is 0 Å². The van der Waals surface area contributed by atoms with E-state index in [1.54, 1.807) is 6.21 Å². The van der Waals surface area contributed by atoms with Crippen molar-refractivity contribution in [3.05, 3.63) is 74.5 Å². The molecule has 22 heavy (non-hydrogen) atoms. The summed E-state index contributed by atoms with van der Waals surface area (Å²) >= 11 is 5.68. The highest BCUT2D eigenvalue weighted by Crippen LogP contribution is 2.22. The maximum absolute atomic E-state index is 5.77. The first kappa shape index (κ1) is 15.3. The molecule has 3 rings (SSSR count). The Hall–Kier alpha value is -1.60. The maximum Gasteiger partial charge on any atom is 0.147 e. The van der Waals surface area contributed by atoms with Gasteiger partial charge in [-0.2, -0.15) is 5.10 Å². The normalized spacial score (nSPS) is 11.0. The number of halogens is 2. The fourth-order valence-corrected chi connectivity index (χ4v) is 2.51. The van der Waals surface area contributed by atoms with Gasteiger partial charge in [0.05, 0.1) is 11.9 Å². The van der Waals surface area contributed by atoms with Crippen LogP contribution in [0.3, 0.4) is 0 Å². The molecule has 3 nitrogen and oxygen atoms in total. The number of furan rings is 1. The van der Waals surface area contributed by atoms with Crippen LogP contribution in [-0.2, 0) is 0 Å². The summed E-state index contributed by atoms with van der Waals surface area (Å²) in [5, 5.41) is 4.18. The third-order valence-electron chi connectivity index (χ3n) is 2.99. The van der Waals surface area contributed by atoms with Gasteiger partial charge in [-0.3, -0.25) is 5.43 Å². The zero-order chi connectivity index (χ0) is 15.4. The zero-order valence-electron chi connectivity index (χ0n) is 11.5. The molecule has 0 unspecified atom stereocenters. The minimum atomic E-state index is 0.707. The third-order valence-corrected chi connectivity index (χ3v) is 4.23. The zero-order valence-corrected chi connectivity index (χ0v) is 15.2. The summed E-state index contributed by atoms with van der Waals surface area (Å²) in [5.74, 6) is 1.54. The van der Waals surface area contributed by atoms with E-state index < -0.39 is 0 Å². The number of nitrogens with zero attached hydrogens (tertiary/aromatic N) is 1. The molecule has 110 valence electrons. The second-order valence-corrected chi connectivity index (χ2v) is 6.75. The van der Waals surface area contributed by atoms with E-state index in [2.05, 4.69) is 61.2 Å².